The van der Waals surface area contributed by atoms with E-state index >= 15 is 0 Å². The molecule has 1 atom stereocenters. The molecule has 0 aliphatic carbocycles. The standard InChI is InChI=1S/C15H22O4/c1-3-4-8-18-10-14(17)11-19-15-7-5-6-13(9-15)12(2)16/h5-7,9,14,17H,3-4,8,10-11H2,1-2H3. The van der Waals surface area contributed by atoms with Crippen LogP contribution in [0, 0.1) is 0 Å². The van der Waals surface area contributed by atoms with E-state index in [9.17, 15) is 9.90 Å². The molecule has 0 spiro atoms. The van der Waals surface area contributed by atoms with Crippen LogP contribution in [-0.2, 0) is 4.74 Å². The van der Waals surface area contributed by atoms with Gasteiger partial charge < -0.3 is 14.6 Å². The van der Waals surface area contributed by atoms with Crippen LogP contribution in [0.25, 0.3) is 0 Å². The van der Waals surface area contributed by atoms with Crippen LogP contribution in [0.1, 0.15) is 37.0 Å². The summed E-state index contributed by atoms with van der Waals surface area (Å²) in [6.07, 6.45) is 1.41. The minimum atomic E-state index is -0.655. The lowest BCUT2D eigenvalue weighted by Crippen LogP contribution is -2.23. The quantitative estimate of drug-likeness (QED) is 0.551. The fourth-order valence-electron chi connectivity index (χ4n) is 1.51. The maximum Gasteiger partial charge on any atom is 0.159 e. The van der Waals surface area contributed by atoms with Gasteiger partial charge in [-0.05, 0) is 25.5 Å². The van der Waals surface area contributed by atoms with E-state index in [4.69, 9.17) is 9.47 Å². The lowest BCUT2D eigenvalue weighted by atomic mass is 10.1. The third-order valence-electron chi connectivity index (χ3n) is 2.64. The Balaban J connectivity index is 2.31. The topological polar surface area (TPSA) is 55.8 Å². The molecule has 0 heterocycles. The van der Waals surface area contributed by atoms with Crippen LogP contribution < -0.4 is 4.74 Å². The van der Waals surface area contributed by atoms with Gasteiger partial charge in [0.25, 0.3) is 0 Å². The second-order valence-electron chi connectivity index (χ2n) is 4.48. The lowest BCUT2D eigenvalue weighted by molar-refractivity contribution is 0.0113. The van der Waals surface area contributed by atoms with Gasteiger partial charge in [-0.25, -0.2) is 0 Å². The Hall–Kier alpha value is -1.39. The largest absolute Gasteiger partial charge is 0.491 e. The molecule has 4 nitrogen and oxygen atoms in total. The summed E-state index contributed by atoms with van der Waals surface area (Å²) in [5, 5.41) is 9.67. The van der Waals surface area contributed by atoms with Gasteiger partial charge in [-0.3, -0.25) is 4.79 Å². The number of aliphatic hydroxyl groups excluding tert-OH is 1. The van der Waals surface area contributed by atoms with Crippen molar-refractivity contribution in [2.75, 3.05) is 19.8 Å². The van der Waals surface area contributed by atoms with Crippen molar-refractivity contribution >= 4 is 5.78 Å². The molecule has 0 aliphatic heterocycles. The van der Waals surface area contributed by atoms with E-state index in [2.05, 4.69) is 6.92 Å². The highest BCUT2D eigenvalue weighted by atomic mass is 16.5. The fourth-order valence-corrected chi connectivity index (χ4v) is 1.51. The number of carbonyl (C=O) groups is 1. The first-order valence-corrected chi connectivity index (χ1v) is 6.63. The van der Waals surface area contributed by atoms with Gasteiger partial charge in [0, 0.05) is 12.2 Å². The number of hydrogen-bond donors (Lipinski definition) is 1. The molecule has 1 aromatic carbocycles. The van der Waals surface area contributed by atoms with E-state index in [-0.39, 0.29) is 19.0 Å². The summed E-state index contributed by atoms with van der Waals surface area (Å²) in [4.78, 5) is 11.2. The van der Waals surface area contributed by atoms with E-state index in [0.717, 1.165) is 12.8 Å². The third-order valence-corrected chi connectivity index (χ3v) is 2.64. The zero-order valence-corrected chi connectivity index (χ0v) is 11.6. The van der Waals surface area contributed by atoms with Gasteiger partial charge in [0.15, 0.2) is 5.78 Å². The number of aliphatic hydroxyl groups is 1. The Kier molecular flexibility index (Phi) is 7.15. The summed E-state index contributed by atoms with van der Waals surface area (Å²) in [5.74, 6) is 0.578. The minimum absolute atomic E-state index is 0.00565. The molecule has 0 saturated carbocycles. The van der Waals surface area contributed by atoms with Crippen LogP contribution in [0.4, 0.5) is 0 Å². The van der Waals surface area contributed by atoms with Gasteiger partial charge in [0.05, 0.1) is 6.61 Å². The zero-order chi connectivity index (χ0) is 14.1. The number of hydrogen-bond acceptors (Lipinski definition) is 4. The maximum absolute atomic E-state index is 11.2. The summed E-state index contributed by atoms with van der Waals surface area (Å²) in [7, 11) is 0. The normalized spacial score (nSPS) is 12.2. The smallest absolute Gasteiger partial charge is 0.159 e. The van der Waals surface area contributed by atoms with Crippen molar-refractivity contribution < 1.29 is 19.4 Å². The highest BCUT2D eigenvalue weighted by molar-refractivity contribution is 5.94. The van der Waals surface area contributed by atoms with Crippen LogP contribution in [0.2, 0.25) is 0 Å². The molecule has 0 aliphatic rings. The first-order valence-electron chi connectivity index (χ1n) is 6.63. The zero-order valence-electron chi connectivity index (χ0n) is 11.6. The van der Waals surface area contributed by atoms with Crippen molar-refractivity contribution in [2.24, 2.45) is 0 Å². The second-order valence-corrected chi connectivity index (χ2v) is 4.48. The van der Waals surface area contributed by atoms with Gasteiger partial charge in [-0.2, -0.15) is 0 Å². The van der Waals surface area contributed by atoms with Gasteiger partial charge in [0.2, 0.25) is 0 Å². The van der Waals surface area contributed by atoms with E-state index < -0.39 is 6.10 Å². The third kappa shape index (κ3) is 6.36. The Morgan fingerprint density at radius 1 is 1.37 bits per heavy atom. The molecule has 0 radical (unpaired) electrons. The van der Waals surface area contributed by atoms with Crippen molar-refractivity contribution in [3.05, 3.63) is 29.8 Å². The first-order chi connectivity index (χ1) is 9.13. The molecule has 0 saturated heterocycles. The number of carbonyl (C=O) groups excluding carboxylic acids is 1. The molecule has 0 fully saturated rings. The van der Waals surface area contributed by atoms with E-state index in [0.29, 0.717) is 17.9 Å². The lowest BCUT2D eigenvalue weighted by Gasteiger charge is -2.13. The summed E-state index contributed by atoms with van der Waals surface area (Å²) in [6.45, 7) is 4.69. The summed E-state index contributed by atoms with van der Waals surface area (Å²) < 4.78 is 10.7. The van der Waals surface area contributed by atoms with Crippen molar-refractivity contribution in [1.82, 2.24) is 0 Å². The number of ether oxygens (including phenoxy) is 2. The molecular formula is C15H22O4. The Morgan fingerprint density at radius 2 is 2.16 bits per heavy atom. The fraction of sp³-hybridized carbons (Fsp3) is 0.533. The molecule has 1 unspecified atom stereocenters. The average Bonchev–Trinajstić information content (AvgIpc) is 2.41. The number of benzene rings is 1. The molecule has 0 bridgehead atoms. The van der Waals surface area contributed by atoms with Gasteiger partial charge in [-0.15, -0.1) is 0 Å². The van der Waals surface area contributed by atoms with Crippen LogP contribution in [0.5, 0.6) is 5.75 Å². The SMILES string of the molecule is CCCCOCC(O)COc1cccc(C(C)=O)c1. The Morgan fingerprint density at radius 3 is 2.84 bits per heavy atom. The summed E-state index contributed by atoms with van der Waals surface area (Å²) in [5.41, 5.74) is 0.603. The van der Waals surface area contributed by atoms with Crippen LogP contribution in [0.15, 0.2) is 24.3 Å². The average molecular weight is 266 g/mol. The summed E-state index contributed by atoms with van der Waals surface area (Å²) >= 11 is 0. The summed E-state index contributed by atoms with van der Waals surface area (Å²) in [6, 6.07) is 6.93. The molecular weight excluding hydrogens is 244 g/mol. The van der Waals surface area contributed by atoms with E-state index in [1.807, 2.05) is 0 Å². The molecule has 0 amide bonds. The minimum Gasteiger partial charge on any atom is -0.491 e. The van der Waals surface area contributed by atoms with Crippen molar-refractivity contribution in [2.45, 2.75) is 32.8 Å². The predicted molar refractivity (Wildman–Crippen MR) is 73.7 cm³/mol. The van der Waals surface area contributed by atoms with E-state index in [1.54, 1.807) is 24.3 Å². The van der Waals surface area contributed by atoms with Gasteiger partial charge >= 0.3 is 0 Å². The maximum atomic E-state index is 11.2. The molecule has 1 N–H and O–H groups in total. The Labute approximate surface area is 114 Å². The second kappa shape index (κ2) is 8.67. The van der Waals surface area contributed by atoms with Crippen molar-refractivity contribution in [1.29, 1.82) is 0 Å². The van der Waals surface area contributed by atoms with Crippen LogP contribution in [-0.4, -0.2) is 36.8 Å². The van der Waals surface area contributed by atoms with Gasteiger partial charge in [-0.1, -0.05) is 25.5 Å². The van der Waals surface area contributed by atoms with Crippen molar-refractivity contribution in [3.8, 4) is 5.75 Å². The molecule has 19 heavy (non-hydrogen) atoms. The molecule has 106 valence electrons. The number of ketones is 1. The monoisotopic (exact) mass is 266 g/mol. The van der Waals surface area contributed by atoms with Gasteiger partial charge in [0.1, 0.15) is 18.5 Å². The molecule has 1 rings (SSSR count). The van der Waals surface area contributed by atoms with E-state index in [1.165, 1.54) is 6.92 Å². The number of Topliss-reactive ketones (excluding diaryl/α,β-unsaturated/α-hetero) is 1. The molecule has 1 aromatic rings. The first kappa shape index (κ1) is 15.7. The number of rotatable bonds is 9. The highest BCUT2D eigenvalue weighted by Gasteiger charge is 2.06. The highest BCUT2D eigenvalue weighted by Crippen LogP contribution is 2.14. The predicted octanol–water partition coefficient (Wildman–Crippen LogP) is 2.45. The molecule has 0 aromatic heterocycles. The molecule has 4 heteroatoms. The van der Waals surface area contributed by atoms with Crippen LogP contribution >= 0.6 is 0 Å². The van der Waals surface area contributed by atoms with Crippen LogP contribution in [0.3, 0.4) is 0 Å². The van der Waals surface area contributed by atoms with Crippen molar-refractivity contribution in [3.63, 3.8) is 0 Å². The number of unbranched alkanes of at least 4 members (excludes halogenated alkanes) is 1. The Bertz CT molecular complexity index is 389.